The monoisotopic (exact) mass is 313 g/mol. The highest BCUT2D eigenvalue weighted by atomic mass is 16.5. The van der Waals surface area contributed by atoms with Crippen molar-refractivity contribution in [3.63, 3.8) is 0 Å². The summed E-state index contributed by atoms with van der Waals surface area (Å²) in [6, 6.07) is 8.61. The molecule has 3 rings (SSSR count). The fraction of sp³-hybridized carbons (Fsp3) is 0.471. The summed E-state index contributed by atoms with van der Waals surface area (Å²) in [6.45, 7) is 1.20. The summed E-state index contributed by atoms with van der Waals surface area (Å²) in [7, 11) is 0. The predicted octanol–water partition coefficient (Wildman–Crippen LogP) is 1.57. The lowest BCUT2D eigenvalue weighted by atomic mass is 10.0. The van der Waals surface area contributed by atoms with Gasteiger partial charge in [-0.1, -0.05) is 0 Å². The van der Waals surface area contributed by atoms with Crippen LogP contribution < -0.4 is 10.6 Å². The van der Waals surface area contributed by atoms with Crippen LogP contribution >= 0.6 is 0 Å². The number of hydrogen-bond donors (Lipinski definition) is 2. The quantitative estimate of drug-likeness (QED) is 0.807. The van der Waals surface area contributed by atoms with Crippen LogP contribution in [-0.4, -0.2) is 31.1 Å². The minimum atomic E-state index is -0.952. The van der Waals surface area contributed by atoms with Gasteiger partial charge in [-0.25, -0.2) is 0 Å². The van der Waals surface area contributed by atoms with Gasteiger partial charge in [0.1, 0.15) is 5.41 Å². The number of amides is 2. The molecular weight excluding hydrogens is 294 g/mol. The van der Waals surface area contributed by atoms with Crippen LogP contribution in [-0.2, 0) is 14.3 Å². The van der Waals surface area contributed by atoms with Crippen molar-refractivity contribution >= 4 is 17.5 Å². The van der Waals surface area contributed by atoms with Gasteiger partial charge in [-0.15, -0.1) is 0 Å². The average Bonchev–Trinajstić information content (AvgIpc) is 3.23. The van der Waals surface area contributed by atoms with Crippen molar-refractivity contribution in [1.82, 2.24) is 5.32 Å². The van der Waals surface area contributed by atoms with E-state index in [1.165, 1.54) is 0 Å². The van der Waals surface area contributed by atoms with E-state index in [4.69, 9.17) is 10.00 Å². The van der Waals surface area contributed by atoms with E-state index in [-0.39, 0.29) is 17.9 Å². The van der Waals surface area contributed by atoms with Crippen LogP contribution in [0, 0.1) is 16.7 Å². The second-order valence-electron chi connectivity index (χ2n) is 6.07. The Labute approximate surface area is 134 Å². The Morgan fingerprint density at radius 3 is 2.57 bits per heavy atom. The molecule has 1 aliphatic heterocycles. The summed E-state index contributed by atoms with van der Waals surface area (Å²) >= 11 is 0. The zero-order valence-electron chi connectivity index (χ0n) is 12.8. The maximum atomic E-state index is 12.4. The van der Waals surface area contributed by atoms with Crippen LogP contribution in [0.5, 0.6) is 0 Å². The van der Waals surface area contributed by atoms with Crippen molar-refractivity contribution in [2.45, 2.75) is 31.8 Å². The molecule has 2 aliphatic rings. The van der Waals surface area contributed by atoms with Crippen LogP contribution in [0.1, 0.15) is 31.2 Å². The largest absolute Gasteiger partial charge is 0.376 e. The summed E-state index contributed by atoms with van der Waals surface area (Å²) in [5, 5.41) is 14.4. The molecule has 2 fully saturated rings. The van der Waals surface area contributed by atoms with E-state index >= 15 is 0 Å². The molecule has 2 N–H and O–H groups in total. The highest BCUT2D eigenvalue weighted by Crippen LogP contribution is 2.46. The van der Waals surface area contributed by atoms with Crippen LogP contribution in [0.25, 0.3) is 0 Å². The van der Waals surface area contributed by atoms with Gasteiger partial charge in [-0.05, 0) is 49.9 Å². The molecule has 0 spiro atoms. The Morgan fingerprint density at radius 1 is 1.26 bits per heavy atom. The summed E-state index contributed by atoms with van der Waals surface area (Å²) in [5.41, 5.74) is 0.164. The molecule has 6 heteroatoms. The molecule has 0 radical (unpaired) electrons. The number of carbonyl (C=O) groups excluding carboxylic acids is 2. The standard InChI is InChI=1S/C17H19N3O3/c18-10-12-3-5-13(6-4-12)20-16(22)17(7-8-17)15(21)19-11-14-2-1-9-23-14/h3-6,14H,1-2,7-9,11H2,(H,19,21)(H,20,22). The van der Waals surface area contributed by atoms with Crippen molar-refractivity contribution in [2.24, 2.45) is 5.41 Å². The topological polar surface area (TPSA) is 91.2 Å². The van der Waals surface area contributed by atoms with Gasteiger partial charge in [-0.3, -0.25) is 9.59 Å². The van der Waals surface area contributed by atoms with E-state index in [9.17, 15) is 9.59 Å². The minimum Gasteiger partial charge on any atom is -0.376 e. The van der Waals surface area contributed by atoms with Gasteiger partial charge in [0.15, 0.2) is 0 Å². The normalized spacial score (nSPS) is 21.3. The fourth-order valence-corrected chi connectivity index (χ4v) is 2.74. The van der Waals surface area contributed by atoms with Gasteiger partial charge in [-0.2, -0.15) is 5.26 Å². The van der Waals surface area contributed by atoms with Crippen molar-refractivity contribution in [2.75, 3.05) is 18.5 Å². The van der Waals surface area contributed by atoms with E-state index in [1.54, 1.807) is 24.3 Å². The molecular formula is C17H19N3O3. The van der Waals surface area contributed by atoms with Crippen LogP contribution in [0.2, 0.25) is 0 Å². The van der Waals surface area contributed by atoms with Gasteiger partial charge in [0.2, 0.25) is 11.8 Å². The number of rotatable bonds is 5. The molecule has 120 valence electrons. The Morgan fingerprint density at radius 2 is 2.00 bits per heavy atom. The SMILES string of the molecule is N#Cc1ccc(NC(=O)C2(C(=O)NCC3CCCO3)CC2)cc1. The number of nitrogens with zero attached hydrogens (tertiary/aromatic N) is 1. The first-order chi connectivity index (χ1) is 11.1. The maximum absolute atomic E-state index is 12.4. The third-order valence-corrected chi connectivity index (χ3v) is 4.41. The minimum absolute atomic E-state index is 0.0661. The second kappa shape index (κ2) is 6.39. The van der Waals surface area contributed by atoms with Crippen LogP contribution in [0.4, 0.5) is 5.69 Å². The number of carbonyl (C=O) groups is 2. The molecule has 0 bridgehead atoms. The van der Waals surface area contributed by atoms with Crippen molar-refractivity contribution < 1.29 is 14.3 Å². The predicted molar refractivity (Wildman–Crippen MR) is 83.4 cm³/mol. The van der Waals surface area contributed by atoms with Gasteiger partial charge in [0, 0.05) is 18.8 Å². The highest BCUT2D eigenvalue weighted by molar-refractivity contribution is 6.13. The summed E-state index contributed by atoms with van der Waals surface area (Å²) < 4.78 is 5.47. The average molecular weight is 313 g/mol. The first-order valence-corrected chi connectivity index (χ1v) is 7.85. The van der Waals surface area contributed by atoms with Crippen molar-refractivity contribution in [1.29, 1.82) is 5.26 Å². The van der Waals surface area contributed by atoms with Gasteiger partial charge >= 0.3 is 0 Å². The summed E-state index contributed by atoms with van der Waals surface area (Å²) in [4.78, 5) is 24.8. The highest BCUT2D eigenvalue weighted by Gasteiger charge is 2.56. The zero-order chi connectivity index (χ0) is 16.3. The summed E-state index contributed by atoms with van der Waals surface area (Å²) in [5.74, 6) is -0.508. The van der Waals surface area contributed by atoms with Crippen LogP contribution in [0.15, 0.2) is 24.3 Å². The Hall–Kier alpha value is -2.39. The molecule has 0 aromatic heterocycles. The fourth-order valence-electron chi connectivity index (χ4n) is 2.74. The lowest BCUT2D eigenvalue weighted by Gasteiger charge is -2.17. The molecule has 1 saturated carbocycles. The van der Waals surface area contributed by atoms with Crippen molar-refractivity contribution in [3.05, 3.63) is 29.8 Å². The van der Waals surface area contributed by atoms with E-state index in [0.29, 0.717) is 30.6 Å². The van der Waals surface area contributed by atoms with Crippen LogP contribution in [0.3, 0.4) is 0 Å². The second-order valence-corrected chi connectivity index (χ2v) is 6.07. The first-order valence-electron chi connectivity index (χ1n) is 7.85. The third kappa shape index (κ3) is 3.35. The van der Waals surface area contributed by atoms with Gasteiger partial charge < -0.3 is 15.4 Å². The molecule has 1 unspecified atom stereocenters. The molecule has 1 aliphatic carbocycles. The van der Waals surface area contributed by atoms with Gasteiger partial charge in [0.05, 0.1) is 17.7 Å². The van der Waals surface area contributed by atoms with Gasteiger partial charge in [0.25, 0.3) is 0 Å². The number of ether oxygens (including phenoxy) is 1. The molecule has 2 amide bonds. The Bertz CT molecular complexity index is 638. The molecule has 1 aromatic carbocycles. The number of anilines is 1. The summed E-state index contributed by atoms with van der Waals surface area (Å²) in [6.07, 6.45) is 3.16. The maximum Gasteiger partial charge on any atom is 0.240 e. The number of hydrogen-bond acceptors (Lipinski definition) is 4. The smallest absolute Gasteiger partial charge is 0.240 e. The van der Waals surface area contributed by atoms with E-state index in [1.807, 2.05) is 6.07 Å². The van der Waals surface area contributed by atoms with E-state index < -0.39 is 5.41 Å². The van der Waals surface area contributed by atoms with E-state index in [0.717, 1.165) is 19.4 Å². The lowest BCUT2D eigenvalue weighted by molar-refractivity contribution is -0.134. The lowest BCUT2D eigenvalue weighted by Crippen LogP contribution is -2.42. The molecule has 1 saturated heterocycles. The molecule has 1 aromatic rings. The zero-order valence-corrected chi connectivity index (χ0v) is 12.8. The molecule has 1 heterocycles. The molecule has 23 heavy (non-hydrogen) atoms. The number of benzene rings is 1. The number of nitriles is 1. The van der Waals surface area contributed by atoms with Crippen molar-refractivity contribution in [3.8, 4) is 6.07 Å². The molecule has 1 atom stereocenters. The Kier molecular flexibility index (Phi) is 4.30. The first kappa shape index (κ1) is 15.5. The Balaban J connectivity index is 1.56. The molecule has 6 nitrogen and oxygen atoms in total. The number of nitrogens with one attached hydrogen (secondary N) is 2. The van der Waals surface area contributed by atoms with E-state index in [2.05, 4.69) is 10.6 Å². The third-order valence-electron chi connectivity index (χ3n) is 4.41.